The first-order valence-electron chi connectivity index (χ1n) is 3.54. The minimum atomic E-state index is 0.223. The molecule has 0 spiro atoms. The van der Waals surface area contributed by atoms with E-state index in [4.69, 9.17) is 5.11 Å². The molecule has 0 amide bonds. The average Bonchev–Trinajstić information content (AvgIpc) is 2.09. The molecule has 0 aromatic heterocycles. The zero-order chi connectivity index (χ0) is 8.97. The minimum absolute atomic E-state index is 0.223. The fraction of sp³-hybridized carbons (Fsp3) is 0.250. The van der Waals surface area contributed by atoms with Crippen molar-refractivity contribution < 1.29 is 5.11 Å². The van der Waals surface area contributed by atoms with Gasteiger partial charge in [-0.3, -0.25) is 5.01 Å². The number of hydrogen-bond donors (Lipinski definition) is 1. The van der Waals surface area contributed by atoms with E-state index in [1.54, 1.807) is 31.3 Å². The summed E-state index contributed by atoms with van der Waals surface area (Å²) in [4.78, 5) is 10.0. The van der Waals surface area contributed by atoms with Crippen LogP contribution < -0.4 is 0 Å². The predicted molar refractivity (Wildman–Crippen MR) is 45.4 cm³/mol. The zero-order valence-electron chi connectivity index (χ0n) is 6.77. The van der Waals surface area contributed by atoms with Gasteiger partial charge in [0.2, 0.25) is 0 Å². The molecule has 4 nitrogen and oxygen atoms in total. The van der Waals surface area contributed by atoms with Crippen LogP contribution in [0.3, 0.4) is 0 Å². The second-order valence-electron chi connectivity index (χ2n) is 2.56. The minimum Gasteiger partial charge on any atom is -0.508 e. The molecule has 1 N–H and O–H groups in total. The Morgan fingerprint density at radius 3 is 2.50 bits per heavy atom. The van der Waals surface area contributed by atoms with Crippen molar-refractivity contribution in [2.45, 2.75) is 6.54 Å². The van der Waals surface area contributed by atoms with Crippen molar-refractivity contribution >= 4 is 0 Å². The second-order valence-corrected chi connectivity index (χ2v) is 2.56. The first-order valence-corrected chi connectivity index (χ1v) is 3.54. The van der Waals surface area contributed by atoms with Crippen LogP contribution in [0.1, 0.15) is 5.56 Å². The van der Waals surface area contributed by atoms with E-state index in [2.05, 4.69) is 5.29 Å². The lowest BCUT2D eigenvalue weighted by molar-refractivity contribution is 0.341. The van der Waals surface area contributed by atoms with Crippen molar-refractivity contribution in [3.05, 3.63) is 34.7 Å². The van der Waals surface area contributed by atoms with Gasteiger partial charge in [-0.2, -0.15) is 0 Å². The number of phenols is 1. The molecule has 0 saturated carbocycles. The fourth-order valence-electron chi connectivity index (χ4n) is 0.894. The molecular formula is C8H10N2O2. The molecule has 0 aliphatic carbocycles. The number of hydrogen-bond acceptors (Lipinski definition) is 3. The molecule has 0 unspecified atom stereocenters. The molecule has 0 aliphatic heterocycles. The van der Waals surface area contributed by atoms with Crippen LogP contribution in [0.2, 0.25) is 0 Å². The van der Waals surface area contributed by atoms with Crippen LogP contribution in [0.15, 0.2) is 29.6 Å². The van der Waals surface area contributed by atoms with Crippen LogP contribution in [0.4, 0.5) is 0 Å². The van der Waals surface area contributed by atoms with E-state index in [9.17, 15) is 4.91 Å². The SMILES string of the molecule is CN(Cc1ccc(O)cc1)N=O. The van der Waals surface area contributed by atoms with Gasteiger partial charge in [-0.05, 0) is 17.7 Å². The summed E-state index contributed by atoms with van der Waals surface area (Å²) in [6.07, 6.45) is 0. The third-order valence-corrected chi connectivity index (χ3v) is 1.49. The second kappa shape index (κ2) is 3.71. The van der Waals surface area contributed by atoms with Gasteiger partial charge >= 0.3 is 0 Å². The van der Waals surface area contributed by atoms with Gasteiger partial charge in [-0.1, -0.05) is 12.1 Å². The van der Waals surface area contributed by atoms with E-state index in [1.165, 1.54) is 5.01 Å². The maximum atomic E-state index is 10.0. The highest BCUT2D eigenvalue weighted by atomic mass is 16.3. The lowest BCUT2D eigenvalue weighted by atomic mass is 10.2. The van der Waals surface area contributed by atoms with Crippen LogP contribution in [-0.4, -0.2) is 17.2 Å². The normalized spacial score (nSPS) is 9.42. The molecule has 0 fully saturated rings. The summed E-state index contributed by atoms with van der Waals surface area (Å²) in [6.45, 7) is 0.462. The topological polar surface area (TPSA) is 52.9 Å². The Labute approximate surface area is 70.4 Å². The molecule has 0 radical (unpaired) electrons. The molecule has 0 heterocycles. The summed E-state index contributed by atoms with van der Waals surface area (Å²) < 4.78 is 0. The van der Waals surface area contributed by atoms with Crippen molar-refractivity contribution in [2.24, 2.45) is 5.29 Å². The molecule has 0 aliphatic rings. The van der Waals surface area contributed by atoms with Gasteiger partial charge in [-0.15, -0.1) is 4.91 Å². The molecule has 0 bridgehead atoms. The highest BCUT2D eigenvalue weighted by Gasteiger charge is 1.96. The van der Waals surface area contributed by atoms with Gasteiger partial charge in [0, 0.05) is 7.05 Å². The lowest BCUT2D eigenvalue weighted by Crippen LogP contribution is -2.08. The Balaban J connectivity index is 2.64. The van der Waals surface area contributed by atoms with Gasteiger partial charge in [0.15, 0.2) is 0 Å². The Hall–Kier alpha value is -1.58. The molecule has 1 aromatic rings. The molecular weight excluding hydrogens is 156 g/mol. The summed E-state index contributed by atoms with van der Waals surface area (Å²) in [6, 6.07) is 6.65. The predicted octanol–water partition coefficient (Wildman–Crippen LogP) is 1.51. The van der Waals surface area contributed by atoms with Gasteiger partial charge < -0.3 is 5.11 Å². The summed E-state index contributed by atoms with van der Waals surface area (Å²) in [5, 5.41) is 13.0. The van der Waals surface area contributed by atoms with Gasteiger partial charge in [0.1, 0.15) is 5.75 Å². The van der Waals surface area contributed by atoms with Crippen LogP contribution in [0.5, 0.6) is 5.75 Å². The first kappa shape index (κ1) is 8.52. The van der Waals surface area contributed by atoms with Crippen LogP contribution in [0, 0.1) is 4.91 Å². The standard InChI is InChI=1S/C8H10N2O2/c1-10(9-12)6-7-2-4-8(11)5-3-7/h2-5,11H,6H2,1H3. The summed E-state index contributed by atoms with van der Waals surface area (Å²) in [7, 11) is 1.60. The van der Waals surface area contributed by atoms with E-state index >= 15 is 0 Å². The van der Waals surface area contributed by atoms with E-state index in [-0.39, 0.29) is 5.75 Å². The molecule has 0 saturated heterocycles. The van der Waals surface area contributed by atoms with Crippen molar-refractivity contribution in [3.63, 3.8) is 0 Å². The van der Waals surface area contributed by atoms with Crippen molar-refractivity contribution in [1.82, 2.24) is 5.01 Å². The molecule has 64 valence electrons. The Kier molecular flexibility index (Phi) is 2.63. The molecule has 12 heavy (non-hydrogen) atoms. The number of nitrogens with zero attached hydrogens (tertiary/aromatic N) is 2. The van der Waals surface area contributed by atoms with E-state index < -0.39 is 0 Å². The number of aromatic hydroxyl groups is 1. The van der Waals surface area contributed by atoms with Crippen LogP contribution >= 0.6 is 0 Å². The highest BCUT2D eigenvalue weighted by molar-refractivity contribution is 5.25. The van der Waals surface area contributed by atoms with E-state index in [0.717, 1.165) is 5.56 Å². The Morgan fingerprint density at radius 1 is 1.42 bits per heavy atom. The molecule has 0 atom stereocenters. The quantitative estimate of drug-likeness (QED) is 0.547. The van der Waals surface area contributed by atoms with Crippen LogP contribution in [-0.2, 0) is 6.54 Å². The molecule has 1 rings (SSSR count). The van der Waals surface area contributed by atoms with Gasteiger partial charge in [-0.25, -0.2) is 0 Å². The number of nitroso groups, excluding NO2 is 1. The zero-order valence-corrected chi connectivity index (χ0v) is 6.77. The third-order valence-electron chi connectivity index (χ3n) is 1.49. The monoisotopic (exact) mass is 166 g/mol. The Bertz CT molecular complexity index is 258. The van der Waals surface area contributed by atoms with Crippen molar-refractivity contribution in [2.75, 3.05) is 7.05 Å². The van der Waals surface area contributed by atoms with E-state index in [1.807, 2.05) is 0 Å². The number of phenolic OH excluding ortho intramolecular Hbond substituents is 1. The smallest absolute Gasteiger partial charge is 0.115 e. The number of rotatable bonds is 3. The summed E-state index contributed by atoms with van der Waals surface area (Å²) in [5.41, 5.74) is 0.940. The maximum absolute atomic E-state index is 10.0. The van der Waals surface area contributed by atoms with Crippen LogP contribution in [0.25, 0.3) is 0 Å². The average molecular weight is 166 g/mol. The van der Waals surface area contributed by atoms with Gasteiger partial charge in [0.05, 0.1) is 11.8 Å². The molecule has 4 heteroatoms. The Morgan fingerprint density at radius 2 is 2.00 bits per heavy atom. The number of benzene rings is 1. The summed E-state index contributed by atoms with van der Waals surface area (Å²) in [5.74, 6) is 0.223. The lowest BCUT2D eigenvalue weighted by Gasteiger charge is -2.07. The maximum Gasteiger partial charge on any atom is 0.115 e. The third kappa shape index (κ3) is 2.23. The summed E-state index contributed by atoms with van der Waals surface area (Å²) >= 11 is 0. The fourth-order valence-corrected chi connectivity index (χ4v) is 0.894. The van der Waals surface area contributed by atoms with E-state index in [0.29, 0.717) is 6.54 Å². The van der Waals surface area contributed by atoms with Crippen molar-refractivity contribution in [1.29, 1.82) is 0 Å². The molecule has 1 aromatic carbocycles. The van der Waals surface area contributed by atoms with Crippen molar-refractivity contribution in [3.8, 4) is 5.75 Å². The first-order chi connectivity index (χ1) is 5.72. The highest BCUT2D eigenvalue weighted by Crippen LogP contribution is 2.10. The largest absolute Gasteiger partial charge is 0.508 e. The van der Waals surface area contributed by atoms with Gasteiger partial charge in [0.25, 0.3) is 0 Å².